The van der Waals surface area contributed by atoms with E-state index in [-0.39, 0.29) is 11.8 Å². The zero-order valence-corrected chi connectivity index (χ0v) is 15.5. The Kier molecular flexibility index (Phi) is 5.91. The minimum Gasteiger partial charge on any atom is -0.368 e. The predicted octanol–water partition coefficient (Wildman–Crippen LogP) is 3.66. The second kappa shape index (κ2) is 8.34. The molecule has 1 aliphatic rings. The third-order valence-corrected chi connectivity index (χ3v) is 4.89. The van der Waals surface area contributed by atoms with E-state index in [1.165, 1.54) is 17.7 Å². The predicted molar refractivity (Wildman–Crippen MR) is 101 cm³/mol. The second-order valence-electron chi connectivity index (χ2n) is 6.06. The standard InChI is InChI=1S/C19H21BrFN3O/c20-16-3-1-15(2-4-16)9-10-22-19(25)24-13-11-23(12-14-24)18-7-5-17(21)6-8-18/h1-8H,9-14H2,(H,22,25). The van der Waals surface area contributed by atoms with Gasteiger partial charge in [-0.25, -0.2) is 9.18 Å². The van der Waals surface area contributed by atoms with Crippen LogP contribution in [-0.4, -0.2) is 43.7 Å². The van der Waals surface area contributed by atoms with Crippen molar-refractivity contribution in [1.82, 2.24) is 10.2 Å². The van der Waals surface area contributed by atoms with Crippen molar-refractivity contribution >= 4 is 27.6 Å². The van der Waals surface area contributed by atoms with Crippen LogP contribution in [0, 0.1) is 5.82 Å². The fraction of sp³-hybridized carbons (Fsp3) is 0.316. The molecule has 2 amide bonds. The van der Waals surface area contributed by atoms with Gasteiger partial charge in [0.05, 0.1) is 0 Å². The normalized spacial score (nSPS) is 14.5. The van der Waals surface area contributed by atoms with Crippen LogP contribution in [0.1, 0.15) is 5.56 Å². The van der Waals surface area contributed by atoms with Crippen LogP contribution in [0.5, 0.6) is 0 Å². The fourth-order valence-electron chi connectivity index (χ4n) is 2.90. The van der Waals surface area contributed by atoms with Gasteiger partial charge in [-0.3, -0.25) is 0 Å². The van der Waals surface area contributed by atoms with Gasteiger partial charge >= 0.3 is 6.03 Å². The summed E-state index contributed by atoms with van der Waals surface area (Å²) in [6, 6.07) is 14.6. The van der Waals surface area contributed by atoms with Crippen LogP contribution in [0.15, 0.2) is 53.0 Å². The molecule has 0 aliphatic carbocycles. The Bertz CT molecular complexity index is 698. The van der Waals surface area contributed by atoms with Gasteiger partial charge in [0.2, 0.25) is 0 Å². The number of rotatable bonds is 4. The van der Waals surface area contributed by atoms with Crippen molar-refractivity contribution in [2.45, 2.75) is 6.42 Å². The number of urea groups is 1. The number of amides is 2. The first-order chi connectivity index (χ1) is 12.1. The first-order valence-electron chi connectivity index (χ1n) is 8.39. The van der Waals surface area contributed by atoms with Crippen LogP contribution < -0.4 is 10.2 Å². The smallest absolute Gasteiger partial charge is 0.317 e. The summed E-state index contributed by atoms with van der Waals surface area (Å²) in [7, 11) is 0. The Morgan fingerprint density at radius 1 is 1.00 bits per heavy atom. The highest BCUT2D eigenvalue weighted by atomic mass is 79.9. The zero-order chi connectivity index (χ0) is 17.6. The van der Waals surface area contributed by atoms with E-state index < -0.39 is 0 Å². The highest BCUT2D eigenvalue weighted by Gasteiger charge is 2.20. The summed E-state index contributed by atoms with van der Waals surface area (Å²) in [4.78, 5) is 16.3. The van der Waals surface area contributed by atoms with E-state index in [0.29, 0.717) is 19.6 Å². The molecule has 0 saturated carbocycles. The van der Waals surface area contributed by atoms with Gasteiger partial charge in [0.25, 0.3) is 0 Å². The molecule has 0 spiro atoms. The lowest BCUT2D eigenvalue weighted by Crippen LogP contribution is -2.52. The molecular weight excluding hydrogens is 385 g/mol. The Morgan fingerprint density at radius 2 is 1.64 bits per heavy atom. The first-order valence-corrected chi connectivity index (χ1v) is 9.19. The van der Waals surface area contributed by atoms with Crippen LogP contribution >= 0.6 is 15.9 Å². The van der Waals surface area contributed by atoms with Crippen molar-refractivity contribution < 1.29 is 9.18 Å². The average Bonchev–Trinajstić information content (AvgIpc) is 2.64. The van der Waals surface area contributed by atoms with Gasteiger partial charge in [0, 0.05) is 42.9 Å². The Labute approximate surface area is 155 Å². The van der Waals surface area contributed by atoms with E-state index in [1.807, 2.05) is 17.0 Å². The molecule has 25 heavy (non-hydrogen) atoms. The quantitative estimate of drug-likeness (QED) is 0.842. The lowest BCUT2D eigenvalue weighted by Gasteiger charge is -2.36. The molecule has 6 heteroatoms. The highest BCUT2D eigenvalue weighted by molar-refractivity contribution is 9.10. The van der Waals surface area contributed by atoms with Crippen molar-refractivity contribution in [2.24, 2.45) is 0 Å². The third kappa shape index (κ3) is 4.95. The maximum absolute atomic E-state index is 13.0. The van der Waals surface area contributed by atoms with Crippen LogP contribution in [0.2, 0.25) is 0 Å². The van der Waals surface area contributed by atoms with Gasteiger partial charge < -0.3 is 15.1 Å². The number of anilines is 1. The van der Waals surface area contributed by atoms with E-state index in [2.05, 4.69) is 38.3 Å². The Hall–Kier alpha value is -2.08. The van der Waals surface area contributed by atoms with Gasteiger partial charge in [-0.1, -0.05) is 28.1 Å². The van der Waals surface area contributed by atoms with E-state index >= 15 is 0 Å². The molecule has 0 unspecified atom stereocenters. The molecule has 1 N–H and O–H groups in total. The summed E-state index contributed by atoms with van der Waals surface area (Å²) in [5.74, 6) is -0.229. The van der Waals surface area contributed by atoms with Crippen molar-refractivity contribution in [3.63, 3.8) is 0 Å². The number of nitrogens with one attached hydrogen (secondary N) is 1. The van der Waals surface area contributed by atoms with E-state index in [9.17, 15) is 9.18 Å². The van der Waals surface area contributed by atoms with Crippen molar-refractivity contribution in [1.29, 1.82) is 0 Å². The number of piperazine rings is 1. The maximum atomic E-state index is 13.0. The Balaban J connectivity index is 1.42. The fourth-order valence-corrected chi connectivity index (χ4v) is 3.16. The molecular formula is C19H21BrFN3O. The summed E-state index contributed by atoms with van der Waals surface area (Å²) in [5, 5.41) is 2.98. The molecule has 0 radical (unpaired) electrons. The minimum absolute atomic E-state index is 0.0177. The number of carbonyl (C=O) groups excluding carboxylic acids is 1. The zero-order valence-electron chi connectivity index (χ0n) is 13.9. The number of hydrogen-bond donors (Lipinski definition) is 1. The van der Waals surface area contributed by atoms with Crippen molar-refractivity contribution in [3.05, 3.63) is 64.4 Å². The molecule has 1 saturated heterocycles. The maximum Gasteiger partial charge on any atom is 0.317 e. The van der Waals surface area contributed by atoms with E-state index in [0.717, 1.165) is 29.7 Å². The van der Waals surface area contributed by atoms with Gasteiger partial charge in [-0.2, -0.15) is 0 Å². The molecule has 132 valence electrons. The number of carbonyl (C=O) groups is 1. The monoisotopic (exact) mass is 405 g/mol. The summed E-state index contributed by atoms with van der Waals surface area (Å²) >= 11 is 3.42. The molecule has 1 fully saturated rings. The van der Waals surface area contributed by atoms with Gasteiger partial charge in [0.1, 0.15) is 5.82 Å². The molecule has 3 rings (SSSR count). The number of nitrogens with zero attached hydrogens (tertiary/aromatic N) is 2. The molecule has 0 atom stereocenters. The Morgan fingerprint density at radius 3 is 2.28 bits per heavy atom. The summed E-state index contributed by atoms with van der Waals surface area (Å²) in [5.41, 5.74) is 2.20. The first kappa shape index (κ1) is 17.7. The highest BCUT2D eigenvalue weighted by Crippen LogP contribution is 2.17. The summed E-state index contributed by atoms with van der Waals surface area (Å²) in [6.07, 6.45) is 0.814. The van der Waals surface area contributed by atoms with Crippen LogP contribution in [0.3, 0.4) is 0 Å². The number of benzene rings is 2. The average molecular weight is 406 g/mol. The molecule has 1 heterocycles. The third-order valence-electron chi connectivity index (χ3n) is 4.36. The van der Waals surface area contributed by atoms with Crippen LogP contribution in [0.4, 0.5) is 14.9 Å². The molecule has 0 aromatic heterocycles. The number of hydrogen-bond acceptors (Lipinski definition) is 2. The largest absolute Gasteiger partial charge is 0.368 e. The SMILES string of the molecule is O=C(NCCc1ccc(Br)cc1)N1CCN(c2ccc(F)cc2)CC1. The van der Waals surface area contributed by atoms with E-state index in [4.69, 9.17) is 0 Å². The van der Waals surface area contributed by atoms with Gasteiger partial charge in [-0.05, 0) is 48.4 Å². The molecule has 1 aliphatic heterocycles. The van der Waals surface area contributed by atoms with Crippen molar-refractivity contribution in [2.75, 3.05) is 37.6 Å². The van der Waals surface area contributed by atoms with Crippen molar-refractivity contribution in [3.8, 4) is 0 Å². The summed E-state index contributed by atoms with van der Waals surface area (Å²) < 4.78 is 14.1. The van der Waals surface area contributed by atoms with Crippen LogP contribution in [-0.2, 0) is 6.42 Å². The summed E-state index contributed by atoms with van der Waals surface area (Å²) in [6.45, 7) is 3.47. The molecule has 2 aromatic carbocycles. The van der Waals surface area contributed by atoms with Gasteiger partial charge in [-0.15, -0.1) is 0 Å². The molecule has 0 bridgehead atoms. The molecule has 4 nitrogen and oxygen atoms in total. The van der Waals surface area contributed by atoms with E-state index in [1.54, 1.807) is 12.1 Å². The number of halogens is 2. The lowest BCUT2D eigenvalue weighted by molar-refractivity contribution is 0.194. The second-order valence-corrected chi connectivity index (χ2v) is 6.97. The minimum atomic E-state index is -0.229. The molecule has 2 aromatic rings. The van der Waals surface area contributed by atoms with Crippen LogP contribution in [0.25, 0.3) is 0 Å². The lowest BCUT2D eigenvalue weighted by atomic mass is 10.1. The topological polar surface area (TPSA) is 35.6 Å². The van der Waals surface area contributed by atoms with Gasteiger partial charge in [0.15, 0.2) is 0 Å².